The van der Waals surface area contributed by atoms with Gasteiger partial charge in [-0.15, -0.1) is 11.3 Å². The minimum Gasteiger partial charge on any atom is -0.477 e. The summed E-state index contributed by atoms with van der Waals surface area (Å²) < 4.78 is 0. The molecule has 0 unspecified atom stereocenters. The Hall–Kier alpha value is -2.14. The van der Waals surface area contributed by atoms with Gasteiger partial charge in [-0.25, -0.2) is 4.79 Å². The van der Waals surface area contributed by atoms with Crippen LogP contribution in [0.3, 0.4) is 0 Å². The van der Waals surface area contributed by atoms with Gasteiger partial charge in [0, 0.05) is 5.56 Å². The minimum atomic E-state index is -1.03. The molecule has 1 aromatic heterocycles. The topological polar surface area (TPSA) is 66.4 Å². The third-order valence-corrected chi connectivity index (χ3v) is 3.77. The molecule has 0 spiro atoms. The lowest BCUT2D eigenvalue weighted by molar-refractivity contribution is 0.0703. The fraction of sp³-hybridized carbons (Fsp3) is 0.143. The molecule has 1 amide bonds. The summed E-state index contributed by atoms with van der Waals surface area (Å²) in [4.78, 5) is 23.3. The van der Waals surface area contributed by atoms with E-state index in [1.165, 1.54) is 0 Å². The predicted octanol–water partition coefficient (Wildman–Crippen LogP) is 3.32. The van der Waals surface area contributed by atoms with Gasteiger partial charge in [0.1, 0.15) is 4.88 Å². The van der Waals surface area contributed by atoms with E-state index in [1.807, 2.05) is 13.0 Å². The van der Waals surface area contributed by atoms with Crippen molar-refractivity contribution in [2.24, 2.45) is 0 Å². The smallest absolute Gasteiger partial charge is 0.348 e. The van der Waals surface area contributed by atoms with Crippen LogP contribution in [0.15, 0.2) is 29.6 Å². The van der Waals surface area contributed by atoms with Crippen molar-refractivity contribution in [3.8, 4) is 0 Å². The normalized spacial score (nSPS) is 10.2. The first-order valence-corrected chi connectivity index (χ1v) is 6.56. The lowest BCUT2D eigenvalue weighted by Gasteiger charge is -2.07. The Bertz CT molecular complexity index is 646. The molecular weight excluding hydrogens is 262 g/mol. The van der Waals surface area contributed by atoms with E-state index in [2.05, 4.69) is 5.32 Å². The van der Waals surface area contributed by atoms with Gasteiger partial charge in [-0.3, -0.25) is 4.79 Å². The van der Waals surface area contributed by atoms with Crippen molar-refractivity contribution >= 4 is 28.9 Å². The van der Waals surface area contributed by atoms with Crippen molar-refractivity contribution in [2.75, 3.05) is 5.32 Å². The lowest BCUT2D eigenvalue weighted by atomic mass is 10.1. The highest BCUT2D eigenvalue weighted by atomic mass is 32.1. The maximum absolute atomic E-state index is 12.1. The van der Waals surface area contributed by atoms with E-state index in [0.717, 1.165) is 22.5 Å². The zero-order chi connectivity index (χ0) is 14.0. The number of thiophene rings is 1. The fourth-order valence-corrected chi connectivity index (χ4v) is 2.57. The molecule has 0 saturated heterocycles. The summed E-state index contributed by atoms with van der Waals surface area (Å²) in [6.07, 6.45) is 0. The lowest BCUT2D eigenvalue weighted by Crippen LogP contribution is -2.14. The number of carboxylic acid groups (broad SMARTS) is 1. The fourth-order valence-electron chi connectivity index (χ4n) is 1.73. The Kier molecular flexibility index (Phi) is 3.66. The van der Waals surface area contributed by atoms with Crippen molar-refractivity contribution in [3.63, 3.8) is 0 Å². The van der Waals surface area contributed by atoms with Crippen molar-refractivity contribution in [3.05, 3.63) is 51.2 Å². The molecule has 2 rings (SSSR count). The van der Waals surface area contributed by atoms with Crippen LogP contribution in [0.5, 0.6) is 0 Å². The van der Waals surface area contributed by atoms with Gasteiger partial charge in [-0.1, -0.05) is 17.7 Å². The summed E-state index contributed by atoms with van der Waals surface area (Å²) in [5.41, 5.74) is 2.63. The molecule has 2 N–H and O–H groups in total. The first-order chi connectivity index (χ1) is 8.99. The standard InChI is InChI=1S/C14H13NO3S/c1-8-4-3-5-10(6-8)13(16)15-11-9(2)7-19-12(11)14(17)18/h3-7H,1-2H3,(H,15,16)(H,17,18). The second-order valence-corrected chi connectivity index (χ2v) is 5.13. The number of carboxylic acids is 1. The number of carbonyl (C=O) groups is 2. The molecule has 98 valence electrons. The van der Waals surface area contributed by atoms with E-state index in [1.54, 1.807) is 30.5 Å². The van der Waals surface area contributed by atoms with Crippen molar-refractivity contribution in [2.45, 2.75) is 13.8 Å². The molecule has 4 nitrogen and oxygen atoms in total. The third-order valence-electron chi connectivity index (χ3n) is 2.69. The van der Waals surface area contributed by atoms with Gasteiger partial charge in [-0.2, -0.15) is 0 Å². The van der Waals surface area contributed by atoms with Crippen molar-refractivity contribution in [1.29, 1.82) is 0 Å². The number of nitrogens with one attached hydrogen (secondary N) is 1. The Morgan fingerprint density at radius 2 is 2.00 bits per heavy atom. The average molecular weight is 275 g/mol. The van der Waals surface area contributed by atoms with Crippen LogP contribution in [0.4, 0.5) is 5.69 Å². The number of rotatable bonds is 3. The van der Waals surface area contributed by atoms with E-state index < -0.39 is 5.97 Å². The summed E-state index contributed by atoms with van der Waals surface area (Å²) in [6, 6.07) is 7.15. The molecule has 0 aliphatic carbocycles. The third kappa shape index (κ3) is 2.82. The molecule has 0 radical (unpaired) electrons. The van der Waals surface area contributed by atoms with Crippen LogP contribution in [0.2, 0.25) is 0 Å². The van der Waals surface area contributed by atoms with Crippen LogP contribution in [-0.2, 0) is 0 Å². The maximum atomic E-state index is 12.1. The first-order valence-electron chi connectivity index (χ1n) is 5.68. The second-order valence-electron chi connectivity index (χ2n) is 4.25. The number of hydrogen-bond acceptors (Lipinski definition) is 3. The highest BCUT2D eigenvalue weighted by Gasteiger charge is 2.17. The van der Waals surface area contributed by atoms with Crippen LogP contribution in [0.1, 0.15) is 31.2 Å². The minimum absolute atomic E-state index is 0.151. The van der Waals surface area contributed by atoms with Gasteiger partial charge in [-0.05, 0) is 36.9 Å². The van der Waals surface area contributed by atoms with E-state index in [0.29, 0.717) is 11.3 Å². The Balaban J connectivity index is 2.29. The highest BCUT2D eigenvalue weighted by molar-refractivity contribution is 7.12. The number of benzene rings is 1. The van der Waals surface area contributed by atoms with E-state index >= 15 is 0 Å². The number of hydrogen-bond donors (Lipinski definition) is 2. The summed E-state index contributed by atoms with van der Waals surface area (Å²) in [7, 11) is 0. The quantitative estimate of drug-likeness (QED) is 0.903. The largest absolute Gasteiger partial charge is 0.477 e. The number of carbonyl (C=O) groups excluding carboxylic acids is 1. The second kappa shape index (κ2) is 5.24. The van der Waals surface area contributed by atoms with Crippen LogP contribution in [0.25, 0.3) is 0 Å². The van der Waals surface area contributed by atoms with Crippen molar-refractivity contribution in [1.82, 2.24) is 0 Å². The molecule has 2 aromatic rings. The Labute approximate surface area is 114 Å². The van der Waals surface area contributed by atoms with Crippen LogP contribution in [0, 0.1) is 13.8 Å². The first kappa shape index (κ1) is 13.3. The molecule has 0 bridgehead atoms. The van der Waals surface area contributed by atoms with Gasteiger partial charge in [0.15, 0.2) is 0 Å². The number of amides is 1. The number of anilines is 1. The summed E-state index contributed by atoms with van der Waals surface area (Å²) in [5.74, 6) is -1.33. The van der Waals surface area contributed by atoms with E-state index in [4.69, 9.17) is 5.11 Å². The zero-order valence-corrected chi connectivity index (χ0v) is 11.4. The highest BCUT2D eigenvalue weighted by Crippen LogP contribution is 2.28. The van der Waals surface area contributed by atoms with E-state index in [9.17, 15) is 9.59 Å². The average Bonchev–Trinajstić information content (AvgIpc) is 2.71. The monoisotopic (exact) mass is 275 g/mol. The molecule has 0 atom stereocenters. The summed E-state index contributed by atoms with van der Waals surface area (Å²) in [6.45, 7) is 3.67. The van der Waals surface area contributed by atoms with Gasteiger partial charge in [0.25, 0.3) is 5.91 Å². The molecular formula is C14H13NO3S. The maximum Gasteiger partial charge on any atom is 0.348 e. The van der Waals surface area contributed by atoms with E-state index in [-0.39, 0.29) is 10.8 Å². The molecule has 1 heterocycles. The molecule has 0 aliphatic heterocycles. The molecule has 5 heteroatoms. The van der Waals surface area contributed by atoms with Crippen LogP contribution in [-0.4, -0.2) is 17.0 Å². The molecule has 19 heavy (non-hydrogen) atoms. The molecule has 0 aliphatic rings. The molecule has 1 aromatic carbocycles. The van der Waals surface area contributed by atoms with Crippen LogP contribution >= 0.6 is 11.3 Å². The number of aromatic carboxylic acids is 1. The van der Waals surface area contributed by atoms with Gasteiger partial charge in [0.2, 0.25) is 0 Å². The Morgan fingerprint density at radius 1 is 1.26 bits per heavy atom. The van der Waals surface area contributed by atoms with Gasteiger partial charge < -0.3 is 10.4 Å². The number of aryl methyl sites for hydroxylation is 2. The molecule has 0 fully saturated rings. The molecule has 0 saturated carbocycles. The zero-order valence-electron chi connectivity index (χ0n) is 10.6. The Morgan fingerprint density at radius 3 is 2.63 bits per heavy atom. The van der Waals surface area contributed by atoms with Crippen molar-refractivity contribution < 1.29 is 14.7 Å². The summed E-state index contributed by atoms with van der Waals surface area (Å²) in [5, 5.41) is 13.5. The van der Waals surface area contributed by atoms with Gasteiger partial charge >= 0.3 is 5.97 Å². The predicted molar refractivity (Wildman–Crippen MR) is 75.1 cm³/mol. The SMILES string of the molecule is Cc1cccc(C(=O)Nc2c(C)csc2C(=O)O)c1. The van der Waals surface area contributed by atoms with Crippen LogP contribution < -0.4 is 5.32 Å². The summed E-state index contributed by atoms with van der Waals surface area (Å²) >= 11 is 1.11. The van der Waals surface area contributed by atoms with Gasteiger partial charge in [0.05, 0.1) is 5.69 Å².